The number of benzene rings is 1. The van der Waals surface area contributed by atoms with Gasteiger partial charge in [-0.15, -0.1) is 11.3 Å². The number of carbonyl (C=O) groups excluding carboxylic acids is 1. The van der Waals surface area contributed by atoms with Gasteiger partial charge in [-0.2, -0.15) is 0 Å². The second kappa shape index (κ2) is 7.54. The summed E-state index contributed by atoms with van der Waals surface area (Å²) in [6.07, 6.45) is 4.68. The van der Waals surface area contributed by atoms with E-state index in [-0.39, 0.29) is 5.91 Å². The van der Waals surface area contributed by atoms with Crippen molar-refractivity contribution >= 4 is 27.5 Å². The van der Waals surface area contributed by atoms with E-state index in [1.54, 1.807) is 0 Å². The predicted molar refractivity (Wildman–Crippen MR) is 118 cm³/mol. The van der Waals surface area contributed by atoms with Gasteiger partial charge >= 0.3 is 0 Å². The number of aryl methyl sites for hydroxylation is 4. The molecule has 1 aliphatic heterocycles. The van der Waals surface area contributed by atoms with E-state index in [0.29, 0.717) is 26.3 Å². The van der Waals surface area contributed by atoms with Crippen molar-refractivity contribution in [2.24, 2.45) is 0 Å². The van der Waals surface area contributed by atoms with Gasteiger partial charge in [-0.1, -0.05) is 29.8 Å². The molecule has 2 aromatic heterocycles. The van der Waals surface area contributed by atoms with Crippen LogP contribution in [0, 0.1) is 13.8 Å². The summed E-state index contributed by atoms with van der Waals surface area (Å²) in [7, 11) is 0. The number of aromatic nitrogens is 1. The van der Waals surface area contributed by atoms with Crippen LogP contribution in [0.15, 0.2) is 24.3 Å². The second-order valence-electron chi connectivity index (χ2n) is 8.11. The van der Waals surface area contributed by atoms with E-state index < -0.39 is 0 Å². The number of rotatable bonds is 2. The average molecular weight is 407 g/mol. The molecule has 0 spiro atoms. The topological polar surface area (TPSA) is 42.4 Å². The van der Waals surface area contributed by atoms with Crippen LogP contribution in [0.1, 0.15) is 44.9 Å². The normalized spacial score (nSPS) is 16.8. The van der Waals surface area contributed by atoms with Gasteiger partial charge in [0.1, 0.15) is 4.83 Å². The van der Waals surface area contributed by atoms with Crippen molar-refractivity contribution in [1.29, 1.82) is 0 Å². The van der Waals surface area contributed by atoms with Gasteiger partial charge in [0.2, 0.25) is 0 Å². The van der Waals surface area contributed by atoms with Gasteiger partial charge in [-0.3, -0.25) is 4.79 Å². The number of pyridine rings is 1. The van der Waals surface area contributed by atoms with Crippen LogP contribution in [0.5, 0.6) is 0 Å². The zero-order valence-electron chi connectivity index (χ0n) is 17.1. The highest BCUT2D eigenvalue weighted by Gasteiger charge is 2.29. The lowest BCUT2D eigenvalue weighted by molar-refractivity contribution is 0.0302. The number of hydrogen-bond acceptors (Lipinski definition) is 4. The van der Waals surface area contributed by atoms with E-state index in [2.05, 4.69) is 31.2 Å². The number of ether oxygens (including phenoxy) is 1. The summed E-state index contributed by atoms with van der Waals surface area (Å²) in [5.41, 5.74) is 6.46. The lowest BCUT2D eigenvalue weighted by Crippen LogP contribution is -2.41. The Balaban J connectivity index is 1.80. The Labute approximate surface area is 175 Å². The van der Waals surface area contributed by atoms with Crippen molar-refractivity contribution in [2.45, 2.75) is 39.5 Å². The molecule has 0 unspecified atom stereocenters. The first-order valence-electron chi connectivity index (χ1n) is 10.5. The van der Waals surface area contributed by atoms with E-state index >= 15 is 0 Å². The molecule has 150 valence electrons. The van der Waals surface area contributed by atoms with E-state index in [1.807, 2.05) is 23.2 Å². The third kappa shape index (κ3) is 3.26. The van der Waals surface area contributed by atoms with Crippen molar-refractivity contribution in [3.05, 3.63) is 51.5 Å². The molecule has 1 saturated heterocycles. The minimum atomic E-state index is 0.0902. The van der Waals surface area contributed by atoms with Crippen LogP contribution in [0.4, 0.5) is 0 Å². The maximum atomic E-state index is 13.7. The van der Waals surface area contributed by atoms with Gasteiger partial charge in [0.25, 0.3) is 5.91 Å². The molecule has 0 bridgehead atoms. The zero-order chi connectivity index (χ0) is 20.0. The highest BCUT2D eigenvalue weighted by molar-refractivity contribution is 7.19. The fraction of sp³-hybridized carbons (Fsp3) is 0.417. The highest BCUT2D eigenvalue weighted by atomic mass is 32.1. The molecular weight excluding hydrogens is 380 g/mol. The van der Waals surface area contributed by atoms with Crippen molar-refractivity contribution in [3.8, 4) is 11.1 Å². The molecular formula is C24H26N2O2S. The first-order valence-corrected chi connectivity index (χ1v) is 11.3. The number of carbonyl (C=O) groups is 1. The number of thiophene rings is 1. The first-order chi connectivity index (χ1) is 14.1. The van der Waals surface area contributed by atoms with Gasteiger partial charge in [0.05, 0.1) is 24.5 Å². The van der Waals surface area contributed by atoms with Gasteiger partial charge in [0.15, 0.2) is 0 Å². The van der Waals surface area contributed by atoms with Gasteiger partial charge in [-0.05, 0) is 50.7 Å². The molecule has 2 aliphatic rings. The third-order valence-corrected chi connectivity index (χ3v) is 7.29. The van der Waals surface area contributed by atoms with Crippen LogP contribution < -0.4 is 0 Å². The molecule has 3 heterocycles. The number of morpholine rings is 1. The summed E-state index contributed by atoms with van der Waals surface area (Å²) >= 11 is 1.83. The van der Waals surface area contributed by atoms with Crippen LogP contribution in [0.2, 0.25) is 0 Å². The summed E-state index contributed by atoms with van der Waals surface area (Å²) in [4.78, 5) is 23.1. The summed E-state index contributed by atoms with van der Waals surface area (Å²) in [6.45, 7) is 6.60. The van der Waals surface area contributed by atoms with Crippen LogP contribution in [0.3, 0.4) is 0 Å². The minimum absolute atomic E-state index is 0.0902. The maximum absolute atomic E-state index is 13.7. The van der Waals surface area contributed by atoms with Crippen molar-refractivity contribution in [1.82, 2.24) is 9.88 Å². The summed E-state index contributed by atoms with van der Waals surface area (Å²) in [5, 5.41) is 1.22. The summed E-state index contributed by atoms with van der Waals surface area (Å²) in [6, 6.07) is 8.55. The monoisotopic (exact) mass is 406 g/mol. The smallest absolute Gasteiger partial charge is 0.256 e. The molecule has 0 saturated carbocycles. The molecule has 5 heteroatoms. The van der Waals surface area contributed by atoms with Crippen LogP contribution in [-0.4, -0.2) is 42.1 Å². The van der Waals surface area contributed by atoms with Gasteiger partial charge < -0.3 is 9.64 Å². The van der Waals surface area contributed by atoms with Crippen molar-refractivity contribution in [2.75, 3.05) is 26.3 Å². The Hall–Kier alpha value is -2.24. The van der Waals surface area contributed by atoms with E-state index in [4.69, 9.17) is 9.72 Å². The van der Waals surface area contributed by atoms with Crippen LogP contribution in [0.25, 0.3) is 21.3 Å². The number of nitrogens with zero attached hydrogens (tertiary/aromatic N) is 2. The molecule has 0 atom stereocenters. The zero-order valence-corrected chi connectivity index (χ0v) is 17.9. The van der Waals surface area contributed by atoms with Gasteiger partial charge in [-0.25, -0.2) is 4.98 Å². The Bertz CT molecular complexity index is 1100. The Morgan fingerprint density at radius 3 is 2.72 bits per heavy atom. The molecule has 0 N–H and O–H groups in total. The third-order valence-electron chi connectivity index (χ3n) is 6.10. The van der Waals surface area contributed by atoms with Gasteiger partial charge in [0, 0.05) is 28.9 Å². The Kier molecular flexibility index (Phi) is 4.88. The molecule has 5 rings (SSSR count). The predicted octanol–water partition coefficient (Wildman–Crippen LogP) is 4.93. The average Bonchev–Trinajstić information content (AvgIpc) is 3.10. The fourth-order valence-electron chi connectivity index (χ4n) is 4.68. The quantitative estimate of drug-likeness (QED) is 0.606. The highest BCUT2D eigenvalue weighted by Crippen LogP contribution is 2.43. The SMILES string of the molecule is Cc1cccc(-c2c(C(=O)N3CCOCC3)c(C)nc3sc4c(c23)CCCC4)c1. The Morgan fingerprint density at radius 1 is 1.14 bits per heavy atom. The number of fused-ring (bicyclic) bond motifs is 3. The molecule has 0 radical (unpaired) electrons. The second-order valence-corrected chi connectivity index (χ2v) is 9.20. The number of amides is 1. The lowest BCUT2D eigenvalue weighted by Gasteiger charge is -2.28. The van der Waals surface area contributed by atoms with E-state index in [1.165, 1.54) is 34.2 Å². The molecule has 1 fully saturated rings. The molecule has 1 aliphatic carbocycles. The standard InChI is InChI=1S/C24H26N2O2S/c1-15-6-5-7-17(14-15)21-20(24(27)26-10-12-28-13-11-26)16(2)25-23-22(21)18-8-3-4-9-19(18)29-23/h5-7,14H,3-4,8-13H2,1-2H3. The summed E-state index contributed by atoms with van der Waals surface area (Å²) < 4.78 is 5.47. The number of hydrogen-bond donors (Lipinski definition) is 0. The Morgan fingerprint density at radius 2 is 1.93 bits per heavy atom. The molecule has 1 aromatic carbocycles. The van der Waals surface area contributed by atoms with Crippen LogP contribution in [-0.2, 0) is 17.6 Å². The summed E-state index contributed by atoms with van der Waals surface area (Å²) in [5.74, 6) is 0.0902. The van der Waals surface area contributed by atoms with E-state index in [0.717, 1.165) is 40.1 Å². The molecule has 3 aromatic rings. The first kappa shape index (κ1) is 18.8. The fourth-order valence-corrected chi connectivity index (χ4v) is 5.99. The lowest BCUT2D eigenvalue weighted by atomic mass is 9.89. The molecule has 1 amide bonds. The van der Waals surface area contributed by atoms with Crippen LogP contribution >= 0.6 is 11.3 Å². The molecule has 29 heavy (non-hydrogen) atoms. The van der Waals surface area contributed by atoms with Crippen molar-refractivity contribution < 1.29 is 9.53 Å². The minimum Gasteiger partial charge on any atom is -0.378 e. The van der Waals surface area contributed by atoms with Crippen molar-refractivity contribution in [3.63, 3.8) is 0 Å². The van der Waals surface area contributed by atoms with E-state index in [9.17, 15) is 4.79 Å². The molecule has 4 nitrogen and oxygen atoms in total. The largest absolute Gasteiger partial charge is 0.378 e. The maximum Gasteiger partial charge on any atom is 0.256 e.